The van der Waals surface area contributed by atoms with Crippen molar-refractivity contribution < 1.29 is 23.8 Å². The highest BCUT2D eigenvalue weighted by Gasteiger charge is 2.61. The molecule has 0 aliphatic heterocycles. The number of aliphatic carboxylic acids is 1. The Hall–Kier alpha value is -3.25. The first-order chi connectivity index (χ1) is 18.3. The number of aromatic nitrogens is 1. The fourth-order valence-electron chi connectivity index (χ4n) is 7.11. The van der Waals surface area contributed by atoms with Gasteiger partial charge in [-0.1, -0.05) is 37.1 Å². The number of fused-ring (bicyclic) bond motifs is 2. The fourth-order valence-corrected chi connectivity index (χ4v) is 7.11. The highest BCUT2D eigenvalue weighted by molar-refractivity contribution is 5.78. The van der Waals surface area contributed by atoms with Crippen molar-refractivity contribution in [2.45, 2.75) is 69.3 Å². The van der Waals surface area contributed by atoms with Crippen LogP contribution < -0.4 is 4.74 Å². The van der Waals surface area contributed by atoms with Gasteiger partial charge in [-0.15, -0.1) is 0 Å². The second-order valence-corrected chi connectivity index (χ2v) is 11.5. The number of methoxy groups -OCH3 is 1. The smallest absolute Gasteiger partial charge is 0.307 e. The standard InChI is InChI=1S/C32H34FNO4/c1-20-13-25(29(33)17-34-20)24-8-5-21(14-27(24)31(19-37-2)10-3-4-11-31)18-38-23-7-6-22-9-12-32(26(22)15-23)16-28(32)30(35)36/h5-8,13-15,17,28H,3-4,9-12,16,18-19H2,1-2H3,(H,35,36)/t28-,32-/m0/s1. The molecule has 5 nitrogen and oxygen atoms in total. The SMILES string of the molecule is COCC1(c2cc(COc3ccc4c(c3)[C@]3(CC4)C[C@H]3C(=O)O)ccc2-c2cc(C)ncc2F)CCCC1. The Bertz CT molecular complexity index is 1400. The molecular formula is C32H34FNO4. The van der Waals surface area contributed by atoms with Crippen LogP contribution in [0.2, 0.25) is 0 Å². The largest absolute Gasteiger partial charge is 0.489 e. The lowest BCUT2D eigenvalue weighted by molar-refractivity contribution is -0.139. The number of aryl methyl sites for hydroxylation is 2. The van der Waals surface area contributed by atoms with E-state index in [1.165, 1.54) is 11.8 Å². The highest BCUT2D eigenvalue weighted by atomic mass is 19.1. The molecule has 198 valence electrons. The summed E-state index contributed by atoms with van der Waals surface area (Å²) in [6.07, 6.45) is 8.10. The molecule has 2 atom stereocenters. The van der Waals surface area contributed by atoms with Gasteiger partial charge in [0.05, 0.1) is 18.7 Å². The summed E-state index contributed by atoms with van der Waals surface area (Å²) in [6.45, 7) is 2.85. The number of ether oxygens (including phenoxy) is 2. The number of carboxylic acid groups (broad SMARTS) is 1. The van der Waals surface area contributed by atoms with Gasteiger partial charge >= 0.3 is 5.97 Å². The normalized spacial score (nSPS) is 23.0. The van der Waals surface area contributed by atoms with Crippen molar-refractivity contribution in [1.82, 2.24) is 4.98 Å². The molecule has 2 saturated carbocycles. The minimum Gasteiger partial charge on any atom is -0.489 e. The predicted molar refractivity (Wildman–Crippen MR) is 143 cm³/mol. The topological polar surface area (TPSA) is 68.7 Å². The Balaban J connectivity index is 1.32. The van der Waals surface area contributed by atoms with Crippen LogP contribution in [0.1, 0.15) is 66.5 Å². The first kappa shape index (κ1) is 25.1. The van der Waals surface area contributed by atoms with E-state index in [9.17, 15) is 9.90 Å². The Kier molecular flexibility index (Phi) is 6.26. The average Bonchev–Trinajstić information content (AvgIpc) is 3.28. The van der Waals surface area contributed by atoms with Crippen molar-refractivity contribution in [2.75, 3.05) is 13.7 Å². The van der Waals surface area contributed by atoms with Crippen LogP contribution in [0, 0.1) is 18.7 Å². The highest BCUT2D eigenvalue weighted by Crippen LogP contribution is 2.62. The van der Waals surface area contributed by atoms with E-state index in [-0.39, 0.29) is 22.6 Å². The van der Waals surface area contributed by atoms with Crippen molar-refractivity contribution in [2.24, 2.45) is 5.92 Å². The molecule has 3 aromatic rings. The molecule has 38 heavy (non-hydrogen) atoms. The summed E-state index contributed by atoms with van der Waals surface area (Å²) in [7, 11) is 1.74. The zero-order chi connectivity index (χ0) is 26.5. The van der Waals surface area contributed by atoms with E-state index in [0.29, 0.717) is 18.8 Å². The number of hydrogen-bond acceptors (Lipinski definition) is 4. The molecule has 3 aliphatic rings. The lowest BCUT2D eigenvalue weighted by Gasteiger charge is -2.32. The van der Waals surface area contributed by atoms with Crippen LogP contribution >= 0.6 is 0 Å². The van der Waals surface area contributed by atoms with Crippen LogP contribution in [-0.4, -0.2) is 29.8 Å². The van der Waals surface area contributed by atoms with Crippen LogP contribution in [0.3, 0.4) is 0 Å². The maximum absolute atomic E-state index is 15.0. The Morgan fingerprint density at radius 3 is 2.63 bits per heavy atom. The molecular weight excluding hydrogens is 481 g/mol. The number of pyridine rings is 1. The van der Waals surface area contributed by atoms with Crippen LogP contribution in [0.15, 0.2) is 48.7 Å². The number of halogens is 1. The number of rotatable bonds is 8. The van der Waals surface area contributed by atoms with Crippen molar-refractivity contribution in [1.29, 1.82) is 0 Å². The van der Waals surface area contributed by atoms with Crippen molar-refractivity contribution in [3.05, 3.63) is 82.4 Å². The molecule has 1 N–H and O–H groups in total. The van der Waals surface area contributed by atoms with Gasteiger partial charge in [0.25, 0.3) is 0 Å². The zero-order valence-electron chi connectivity index (χ0n) is 22.1. The number of hydrogen-bond donors (Lipinski definition) is 1. The molecule has 1 aromatic heterocycles. The zero-order valence-corrected chi connectivity index (χ0v) is 22.1. The molecule has 1 spiro atoms. The van der Waals surface area contributed by atoms with Gasteiger partial charge in [-0.3, -0.25) is 9.78 Å². The molecule has 0 saturated heterocycles. The summed E-state index contributed by atoms with van der Waals surface area (Å²) in [6, 6.07) is 14.2. The van der Waals surface area contributed by atoms with E-state index in [2.05, 4.69) is 23.2 Å². The van der Waals surface area contributed by atoms with Gasteiger partial charge in [-0.2, -0.15) is 0 Å². The van der Waals surface area contributed by atoms with E-state index in [1.807, 2.05) is 31.2 Å². The number of nitrogens with zero attached hydrogens (tertiary/aromatic N) is 1. The quantitative estimate of drug-likeness (QED) is 0.370. The van der Waals surface area contributed by atoms with Crippen LogP contribution in [0.25, 0.3) is 11.1 Å². The molecule has 0 amide bonds. The summed E-state index contributed by atoms with van der Waals surface area (Å²) >= 11 is 0. The molecule has 6 heteroatoms. The summed E-state index contributed by atoms with van der Waals surface area (Å²) < 4.78 is 27.0. The number of carboxylic acids is 1. The Labute approximate surface area is 223 Å². The molecule has 0 radical (unpaired) electrons. The van der Waals surface area contributed by atoms with Crippen LogP contribution in [0.4, 0.5) is 4.39 Å². The van der Waals surface area contributed by atoms with Gasteiger partial charge in [-0.25, -0.2) is 4.39 Å². The predicted octanol–water partition coefficient (Wildman–Crippen LogP) is 6.52. The minimum atomic E-state index is -0.700. The van der Waals surface area contributed by atoms with Crippen LogP contribution in [-0.2, 0) is 33.4 Å². The van der Waals surface area contributed by atoms with Gasteiger partial charge in [0.1, 0.15) is 18.2 Å². The molecule has 0 unspecified atom stereocenters. The van der Waals surface area contributed by atoms with E-state index in [0.717, 1.165) is 78.6 Å². The van der Waals surface area contributed by atoms with E-state index in [4.69, 9.17) is 9.47 Å². The third-order valence-corrected chi connectivity index (χ3v) is 9.16. The second-order valence-electron chi connectivity index (χ2n) is 11.5. The van der Waals surface area contributed by atoms with Gasteiger partial charge < -0.3 is 14.6 Å². The Morgan fingerprint density at radius 1 is 1.08 bits per heavy atom. The second kappa shape index (κ2) is 9.49. The van der Waals surface area contributed by atoms with Gasteiger partial charge in [-0.05, 0) is 85.0 Å². The van der Waals surface area contributed by atoms with Crippen molar-refractivity contribution >= 4 is 5.97 Å². The maximum Gasteiger partial charge on any atom is 0.307 e. The van der Waals surface area contributed by atoms with E-state index in [1.54, 1.807) is 7.11 Å². The van der Waals surface area contributed by atoms with Crippen molar-refractivity contribution in [3.63, 3.8) is 0 Å². The molecule has 0 bridgehead atoms. The fraction of sp³-hybridized carbons (Fsp3) is 0.438. The molecule has 1 heterocycles. The third-order valence-electron chi connectivity index (χ3n) is 9.16. The lowest BCUT2D eigenvalue weighted by Crippen LogP contribution is -2.29. The first-order valence-electron chi connectivity index (χ1n) is 13.6. The van der Waals surface area contributed by atoms with E-state index >= 15 is 4.39 Å². The molecule has 2 aromatic carbocycles. The number of carbonyl (C=O) groups is 1. The van der Waals surface area contributed by atoms with Gasteiger partial charge in [0.2, 0.25) is 0 Å². The maximum atomic E-state index is 15.0. The summed E-state index contributed by atoms with van der Waals surface area (Å²) in [5, 5.41) is 9.57. The third kappa shape index (κ3) is 4.19. The van der Waals surface area contributed by atoms with Crippen molar-refractivity contribution in [3.8, 4) is 16.9 Å². The Morgan fingerprint density at radius 2 is 1.89 bits per heavy atom. The molecule has 2 fully saturated rings. The summed E-state index contributed by atoms with van der Waals surface area (Å²) in [4.78, 5) is 15.8. The average molecular weight is 516 g/mol. The molecule has 6 rings (SSSR count). The summed E-state index contributed by atoms with van der Waals surface area (Å²) in [5.41, 5.74) is 6.38. The van der Waals surface area contributed by atoms with Crippen LogP contribution in [0.5, 0.6) is 5.75 Å². The number of benzene rings is 2. The van der Waals surface area contributed by atoms with Gasteiger partial charge in [0.15, 0.2) is 0 Å². The van der Waals surface area contributed by atoms with E-state index < -0.39 is 5.97 Å². The summed E-state index contributed by atoms with van der Waals surface area (Å²) in [5.74, 6) is -0.544. The monoisotopic (exact) mass is 515 g/mol. The first-order valence-corrected chi connectivity index (χ1v) is 13.6. The lowest BCUT2D eigenvalue weighted by atomic mass is 9.75. The van der Waals surface area contributed by atoms with Gasteiger partial charge in [0, 0.05) is 29.2 Å². The molecule has 3 aliphatic carbocycles. The minimum absolute atomic E-state index is 0.165.